The third-order valence-corrected chi connectivity index (χ3v) is 5.40. The first-order valence-corrected chi connectivity index (χ1v) is 8.59. The Morgan fingerprint density at radius 3 is 2.26 bits per heavy atom. The summed E-state index contributed by atoms with van der Waals surface area (Å²) in [4.78, 5) is 0. The minimum atomic E-state index is 0.149. The number of hydrogen-bond donors (Lipinski definition) is 1. The number of hydrogen-bond acceptors (Lipinski definition) is 2. The van der Waals surface area contributed by atoms with Gasteiger partial charge in [-0.05, 0) is 51.0 Å². The van der Waals surface area contributed by atoms with Crippen LogP contribution in [-0.4, -0.2) is 24.8 Å². The van der Waals surface area contributed by atoms with Crippen LogP contribution >= 0.6 is 0 Å². The lowest BCUT2D eigenvalue weighted by atomic mass is 9.73. The standard InChI is InChI=1S/C17H33NO/c1-4-18-16(15-10-8-14(3)9-11-15)17(19-5-2)12-6-7-13-17/h14-16,18H,4-13H2,1-3H3. The maximum Gasteiger partial charge on any atom is 0.0837 e. The van der Waals surface area contributed by atoms with Crippen LogP contribution in [0.1, 0.15) is 72.1 Å². The first-order valence-electron chi connectivity index (χ1n) is 8.59. The first-order chi connectivity index (χ1) is 9.22. The van der Waals surface area contributed by atoms with E-state index in [0.29, 0.717) is 6.04 Å². The fraction of sp³-hybridized carbons (Fsp3) is 1.00. The molecule has 0 radical (unpaired) electrons. The van der Waals surface area contributed by atoms with E-state index in [1.807, 2.05) is 0 Å². The van der Waals surface area contributed by atoms with Crippen molar-refractivity contribution in [1.82, 2.24) is 5.32 Å². The highest BCUT2D eigenvalue weighted by atomic mass is 16.5. The van der Waals surface area contributed by atoms with Gasteiger partial charge >= 0.3 is 0 Å². The molecule has 0 spiro atoms. The van der Waals surface area contributed by atoms with Crippen molar-refractivity contribution in [2.24, 2.45) is 11.8 Å². The van der Waals surface area contributed by atoms with Crippen LogP contribution in [0.5, 0.6) is 0 Å². The second-order valence-corrected chi connectivity index (χ2v) is 6.76. The fourth-order valence-corrected chi connectivity index (χ4v) is 4.43. The molecule has 2 aliphatic rings. The van der Waals surface area contributed by atoms with Crippen LogP contribution in [0.25, 0.3) is 0 Å². The zero-order chi connectivity index (χ0) is 13.7. The van der Waals surface area contributed by atoms with Crippen molar-refractivity contribution in [1.29, 1.82) is 0 Å². The van der Waals surface area contributed by atoms with Gasteiger partial charge < -0.3 is 10.1 Å². The smallest absolute Gasteiger partial charge is 0.0837 e. The molecule has 0 aliphatic heterocycles. The largest absolute Gasteiger partial charge is 0.374 e. The predicted octanol–water partition coefficient (Wildman–Crippen LogP) is 4.14. The molecule has 0 aromatic heterocycles. The van der Waals surface area contributed by atoms with Gasteiger partial charge in [0, 0.05) is 12.6 Å². The summed E-state index contributed by atoms with van der Waals surface area (Å²) in [6.45, 7) is 8.75. The molecule has 0 aromatic rings. The third kappa shape index (κ3) is 3.52. The SMILES string of the molecule is CCNC(C1CCC(C)CC1)C1(OCC)CCCC1. The number of ether oxygens (including phenoxy) is 1. The van der Waals surface area contributed by atoms with Gasteiger partial charge in [-0.2, -0.15) is 0 Å². The van der Waals surface area contributed by atoms with Crippen LogP contribution in [0.2, 0.25) is 0 Å². The normalized spacial score (nSPS) is 32.4. The van der Waals surface area contributed by atoms with Gasteiger partial charge in [0.05, 0.1) is 5.60 Å². The van der Waals surface area contributed by atoms with Crippen molar-refractivity contribution in [3.63, 3.8) is 0 Å². The van der Waals surface area contributed by atoms with Crippen LogP contribution in [0, 0.1) is 11.8 Å². The maximum atomic E-state index is 6.32. The Kier molecular flexibility index (Phi) is 5.70. The summed E-state index contributed by atoms with van der Waals surface area (Å²) in [5.41, 5.74) is 0.149. The van der Waals surface area contributed by atoms with Crippen molar-refractivity contribution in [3.8, 4) is 0 Å². The van der Waals surface area contributed by atoms with Gasteiger partial charge in [-0.1, -0.05) is 39.5 Å². The van der Waals surface area contributed by atoms with Gasteiger partial charge in [0.1, 0.15) is 0 Å². The minimum Gasteiger partial charge on any atom is -0.374 e. The van der Waals surface area contributed by atoms with E-state index in [-0.39, 0.29) is 5.60 Å². The van der Waals surface area contributed by atoms with E-state index in [1.54, 1.807) is 0 Å². The minimum absolute atomic E-state index is 0.149. The average molecular weight is 267 g/mol. The maximum absolute atomic E-state index is 6.32. The molecule has 2 rings (SSSR count). The Bertz CT molecular complexity index is 252. The molecule has 0 bridgehead atoms. The number of rotatable bonds is 6. The number of likely N-dealkylation sites (N-methyl/N-ethyl adjacent to an activating group) is 1. The predicted molar refractivity (Wildman–Crippen MR) is 81.4 cm³/mol. The highest BCUT2D eigenvalue weighted by Crippen LogP contribution is 2.42. The lowest BCUT2D eigenvalue weighted by Crippen LogP contribution is -2.55. The molecule has 1 unspecified atom stereocenters. The lowest BCUT2D eigenvalue weighted by Gasteiger charge is -2.44. The van der Waals surface area contributed by atoms with Gasteiger partial charge in [-0.3, -0.25) is 0 Å². The Labute approximate surface area is 119 Å². The Balaban J connectivity index is 2.08. The molecule has 19 heavy (non-hydrogen) atoms. The summed E-state index contributed by atoms with van der Waals surface area (Å²) in [5, 5.41) is 3.81. The summed E-state index contributed by atoms with van der Waals surface area (Å²) < 4.78 is 6.32. The van der Waals surface area contributed by atoms with Gasteiger partial charge in [0.25, 0.3) is 0 Å². The molecule has 0 heterocycles. The second-order valence-electron chi connectivity index (χ2n) is 6.76. The molecule has 2 fully saturated rings. The molecule has 0 amide bonds. The Morgan fingerprint density at radius 2 is 1.74 bits per heavy atom. The van der Waals surface area contributed by atoms with E-state index >= 15 is 0 Å². The summed E-state index contributed by atoms with van der Waals surface area (Å²) in [6, 6.07) is 0.590. The van der Waals surface area contributed by atoms with Crippen LogP contribution in [-0.2, 0) is 4.74 Å². The molecule has 0 aromatic carbocycles. The topological polar surface area (TPSA) is 21.3 Å². The van der Waals surface area contributed by atoms with Crippen LogP contribution in [0.3, 0.4) is 0 Å². The monoisotopic (exact) mass is 267 g/mol. The third-order valence-electron chi connectivity index (χ3n) is 5.40. The van der Waals surface area contributed by atoms with Gasteiger partial charge in [-0.25, -0.2) is 0 Å². The Morgan fingerprint density at radius 1 is 1.11 bits per heavy atom. The molecular formula is C17H33NO. The molecule has 112 valence electrons. The van der Waals surface area contributed by atoms with Crippen molar-refractivity contribution < 1.29 is 4.74 Å². The van der Waals surface area contributed by atoms with Crippen LogP contribution in [0.15, 0.2) is 0 Å². The first kappa shape index (κ1) is 15.3. The molecule has 1 atom stereocenters. The number of nitrogens with one attached hydrogen (secondary N) is 1. The van der Waals surface area contributed by atoms with Gasteiger partial charge in [-0.15, -0.1) is 0 Å². The van der Waals surface area contributed by atoms with Crippen molar-refractivity contribution in [2.45, 2.75) is 83.8 Å². The van der Waals surface area contributed by atoms with E-state index in [9.17, 15) is 0 Å². The van der Waals surface area contributed by atoms with E-state index in [1.165, 1.54) is 51.4 Å². The quantitative estimate of drug-likeness (QED) is 0.781. The second kappa shape index (κ2) is 7.08. The molecule has 2 saturated carbocycles. The zero-order valence-corrected chi connectivity index (χ0v) is 13.2. The van der Waals surface area contributed by atoms with Crippen molar-refractivity contribution >= 4 is 0 Å². The summed E-state index contributed by atoms with van der Waals surface area (Å²) >= 11 is 0. The summed E-state index contributed by atoms with van der Waals surface area (Å²) in [7, 11) is 0. The van der Waals surface area contributed by atoms with E-state index in [4.69, 9.17) is 4.74 Å². The molecule has 1 N–H and O–H groups in total. The highest BCUT2D eigenvalue weighted by molar-refractivity contribution is 5.00. The van der Waals surface area contributed by atoms with Crippen molar-refractivity contribution in [2.75, 3.05) is 13.2 Å². The Hall–Kier alpha value is -0.0800. The van der Waals surface area contributed by atoms with Crippen LogP contribution in [0.4, 0.5) is 0 Å². The van der Waals surface area contributed by atoms with Crippen molar-refractivity contribution in [3.05, 3.63) is 0 Å². The van der Waals surface area contributed by atoms with E-state index in [2.05, 4.69) is 26.1 Å². The summed E-state index contributed by atoms with van der Waals surface area (Å²) in [5.74, 6) is 1.77. The average Bonchev–Trinajstić information content (AvgIpc) is 2.87. The molecule has 2 heteroatoms. The van der Waals surface area contributed by atoms with Gasteiger partial charge in [0.2, 0.25) is 0 Å². The molecule has 0 saturated heterocycles. The highest BCUT2D eigenvalue weighted by Gasteiger charge is 2.45. The van der Waals surface area contributed by atoms with Crippen LogP contribution < -0.4 is 5.32 Å². The van der Waals surface area contributed by atoms with E-state index < -0.39 is 0 Å². The molecular weight excluding hydrogens is 234 g/mol. The molecule has 2 nitrogen and oxygen atoms in total. The fourth-order valence-electron chi connectivity index (χ4n) is 4.43. The zero-order valence-electron chi connectivity index (χ0n) is 13.2. The lowest BCUT2D eigenvalue weighted by molar-refractivity contribution is -0.0796. The summed E-state index contributed by atoms with van der Waals surface area (Å²) in [6.07, 6.45) is 10.9. The van der Waals surface area contributed by atoms with Gasteiger partial charge in [0.15, 0.2) is 0 Å². The van der Waals surface area contributed by atoms with E-state index in [0.717, 1.165) is 25.0 Å². The molecule has 2 aliphatic carbocycles.